The zero-order valence-corrected chi connectivity index (χ0v) is 20.7. The van der Waals surface area contributed by atoms with Crippen LogP contribution in [0.5, 0.6) is 5.75 Å². The van der Waals surface area contributed by atoms with Gasteiger partial charge in [0, 0.05) is 22.5 Å². The predicted molar refractivity (Wildman–Crippen MR) is 136 cm³/mol. The standard InChI is InChI=1S/C29H33NO4/c1-28(2,3)23-17-21(18-24(26(23)32)29(4,5)6)30(20-13-8-7-9-14-20)25(31)16-19-12-10-11-15-22(19)27(33)34/h7-15,17-18,32H,16H2,1-6H3,(H,33,34). The van der Waals surface area contributed by atoms with Crippen LogP contribution < -0.4 is 4.90 Å². The second-order valence-electron chi connectivity index (χ2n) is 10.6. The minimum Gasteiger partial charge on any atom is -0.507 e. The topological polar surface area (TPSA) is 77.8 Å². The highest BCUT2D eigenvalue weighted by Gasteiger charge is 2.29. The summed E-state index contributed by atoms with van der Waals surface area (Å²) in [5.74, 6) is -1.09. The highest BCUT2D eigenvalue weighted by Crippen LogP contribution is 2.43. The van der Waals surface area contributed by atoms with Crippen molar-refractivity contribution in [1.82, 2.24) is 0 Å². The number of phenolic OH excluding ortho intramolecular Hbond substituents is 1. The van der Waals surface area contributed by atoms with Crippen LogP contribution in [-0.2, 0) is 22.0 Å². The van der Waals surface area contributed by atoms with Gasteiger partial charge in [0.05, 0.1) is 12.0 Å². The van der Waals surface area contributed by atoms with Crippen LogP contribution in [0.2, 0.25) is 0 Å². The van der Waals surface area contributed by atoms with Crippen molar-refractivity contribution >= 4 is 23.3 Å². The Morgan fingerprint density at radius 1 is 0.765 bits per heavy atom. The monoisotopic (exact) mass is 459 g/mol. The van der Waals surface area contributed by atoms with Crippen LogP contribution in [0.1, 0.15) is 68.6 Å². The predicted octanol–water partition coefficient (Wildman–Crippen LogP) is 6.59. The van der Waals surface area contributed by atoms with Crippen molar-refractivity contribution in [2.45, 2.75) is 58.8 Å². The van der Waals surface area contributed by atoms with Gasteiger partial charge in [0.15, 0.2) is 0 Å². The summed E-state index contributed by atoms with van der Waals surface area (Å²) in [7, 11) is 0. The molecule has 0 saturated carbocycles. The summed E-state index contributed by atoms with van der Waals surface area (Å²) in [5, 5.41) is 20.7. The van der Waals surface area contributed by atoms with E-state index in [2.05, 4.69) is 0 Å². The van der Waals surface area contributed by atoms with E-state index in [1.165, 1.54) is 6.07 Å². The summed E-state index contributed by atoms with van der Waals surface area (Å²) in [5.41, 5.74) is 2.64. The number of aromatic carboxylic acids is 1. The number of carboxylic acid groups (broad SMARTS) is 1. The number of carbonyl (C=O) groups is 2. The molecule has 34 heavy (non-hydrogen) atoms. The van der Waals surface area contributed by atoms with Crippen LogP contribution in [0.15, 0.2) is 66.7 Å². The molecule has 5 nitrogen and oxygen atoms in total. The number of carbonyl (C=O) groups excluding carboxylic acids is 1. The molecule has 0 aliphatic heterocycles. The van der Waals surface area contributed by atoms with Crippen molar-refractivity contribution in [2.75, 3.05) is 4.90 Å². The average molecular weight is 460 g/mol. The molecular weight excluding hydrogens is 426 g/mol. The van der Waals surface area contributed by atoms with Gasteiger partial charge in [0.25, 0.3) is 0 Å². The van der Waals surface area contributed by atoms with E-state index in [9.17, 15) is 19.8 Å². The van der Waals surface area contributed by atoms with Gasteiger partial charge in [-0.25, -0.2) is 4.79 Å². The van der Waals surface area contributed by atoms with Gasteiger partial charge in [0.2, 0.25) is 5.91 Å². The fourth-order valence-electron chi connectivity index (χ4n) is 4.03. The number of hydrogen-bond acceptors (Lipinski definition) is 3. The van der Waals surface area contributed by atoms with Gasteiger partial charge < -0.3 is 10.2 Å². The number of nitrogens with zero attached hydrogens (tertiary/aromatic N) is 1. The lowest BCUT2D eigenvalue weighted by atomic mass is 9.79. The van der Waals surface area contributed by atoms with E-state index in [0.717, 1.165) is 11.1 Å². The van der Waals surface area contributed by atoms with E-state index in [0.29, 0.717) is 16.9 Å². The number of phenols is 1. The molecule has 3 aromatic carbocycles. The molecule has 0 fully saturated rings. The molecule has 0 saturated heterocycles. The Labute approximate surface area is 201 Å². The second-order valence-corrected chi connectivity index (χ2v) is 10.6. The Hall–Kier alpha value is -3.60. The summed E-state index contributed by atoms with van der Waals surface area (Å²) < 4.78 is 0. The third kappa shape index (κ3) is 5.30. The van der Waals surface area contributed by atoms with Gasteiger partial charge >= 0.3 is 5.97 Å². The Bertz CT molecular complexity index is 1170. The molecule has 3 rings (SSSR count). The molecule has 3 aromatic rings. The highest BCUT2D eigenvalue weighted by atomic mass is 16.4. The van der Waals surface area contributed by atoms with Gasteiger partial charge in [-0.3, -0.25) is 9.69 Å². The van der Waals surface area contributed by atoms with Crippen molar-refractivity contribution in [1.29, 1.82) is 0 Å². The van der Waals surface area contributed by atoms with Crippen LogP contribution in [0.25, 0.3) is 0 Å². The Kier molecular flexibility index (Phi) is 6.87. The third-order valence-electron chi connectivity index (χ3n) is 5.82. The summed E-state index contributed by atoms with van der Waals surface area (Å²) >= 11 is 0. The first-order valence-corrected chi connectivity index (χ1v) is 11.4. The quantitative estimate of drug-likeness (QED) is 0.451. The molecular formula is C29H33NO4. The van der Waals surface area contributed by atoms with Crippen molar-refractivity contribution in [3.8, 4) is 5.75 Å². The van der Waals surface area contributed by atoms with Gasteiger partial charge in [0.1, 0.15) is 5.75 Å². The number of benzene rings is 3. The normalized spacial score (nSPS) is 11.8. The lowest BCUT2D eigenvalue weighted by molar-refractivity contribution is -0.117. The van der Waals surface area contributed by atoms with E-state index in [4.69, 9.17) is 0 Å². The van der Waals surface area contributed by atoms with Crippen LogP contribution in [-0.4, -0.2) is 22.1 Å². The van der Waals surface area contributed by atoms with Crippen LogP contribution >= 0.6 is 0 Å². The van der Waals surface area contributed by atoms with Crippen molar-refractivity contribution < 1.29 is 19.8 Å². The molecule has 0 bridgehead atoms. The minimum absolute atomic E-state index is 0.0754. The zero-order valence-electron chi connectivity index (χ0n) is 20.7. The molecule has 0 aliphatic rings. The molecule has 0 heterocycles. The first kappa shape index (κ1) is 25.0. The second kappa shape index (κ2) is 9.34. The smallest absolute Gasteiger partial charge is 0.335 e. The number of hydrogen-bond donors (Lipinski definition) is 2. The molecule has 0 spiro atoms. The molecule has 0 unspecified atom stereocenters. The van der Waals surface area contributed by atoms with Crippen molar-refractivity contribution in [2.24, 2.45) is 0 Å². The first-order chi connectivity index (χ1) is 15.8. The molecule has 2 N–H and O–H groups in total. The van der Waals surface area contributed by atoms with E-state index in [1.54, 1.807) is 23.1 Å². The lowest BCUT2D eigenvalue weighted by Gasteiger charge is -2.31. The zero-order chi connectivity index (χ0) is 25.3. The number of carboxylic acids is 1. The summed E-state index contributed by atoms with van der Waals surface area (Å²) in [6.45, 7) is 12.1. The fourth-order valence-corrected chi connectivity index (χ4v) is 4.03. The van der Waals surface area contributed by atoms with Crippen LogP contribution in [0, 0.1) is 0 Å². The molecule has 178 valence electrons. The number of rotatable bonds is 5. The van der Waals surface area contributed by atoms with Gasteiger partial charge in [-0.15, -0.1) is 0 Å². The van der Waals surface area contributed by atoms with Gasteiger partial charge in [-0.2, -0.15) is 0 Å². The highest BCUT2D eigenvalue weighted by molar-refractivity contribution is 6.03. The van der Waals surface area contributed by atoms with Crippen LogP contribution in [0.4, 0.5) is 11.4 Å². The van der Waals surface area contributed by atoms with E-state index >= 15 is 0 Å². The summed E-state index contributed by atoms with van der Waals surface area (Å²) in [6, 6.07) is 19.6. The SMILES string of the molecule is CC(C)(C)c1cc(N(C(=O)Cc2ccccc2C(=O)O)c2ccccc2)cc(C(C)(C)C)c1O. The van der Waals surface area contributed by atoms with E-state index in [-0.39, 0.29) is 34.5 Å². The number of para-hydroxylation sites is 1. The lowest BCUT2D eigenvalue weighted by Crippen LogP contribution is -2.29. The van der Waals surface area contributed by atoms with Gasteiger partial charge in [-0.1, -0.05) is 77.9 Å². The van der Waals surface area contributed by atoms with E-state index < -0.39 is 5.97 Å². The molecule has 0 atom stereocenters. The van der Waals surface area contributed by atoms with Crippen molar-refractivity contribution in [3.63, 3.8) is 0 Å². The molecule has 0 radical (unpaired) electrons. The Morgan fingerprint density at radius 2 is 1.26 bits per heavy atom. The van der Waals surface area contributed by atoms with E-state index in [1.807, 2.05) is 84.0 Å². The Balaban J connectivity index is 2.22. The molecule has 0 aromatic heterocycles. The maximum atomic E-state index is 13.8. The molecule has 5 heteroatoms. The minimum atomic E-state index is -1.07. The third-order valence-corrected chi connectivity index (χ3v) is 5.82. The largest absolute Gasteiger partial charge is 0.507 e. The van der Waals surface area contributed by atoms with Crippen LogP contribution in [0.3, 0.4) is 0 Å². The maximum Gasteiger partial charge on any atom is 0.335 e. The molecule has 1 amide bonds. The Morgan fingerprint density at radius 3 is 1.76 bits per heavy atom. The molecule has 0 aliphatic carbocycles. The number of anilines is 2. The number of amides is 1. The average Bonchev–Trinajstić information content (AvgIpc) is 2.74. The van der Waals surface area contributed by atoms with Crippen molar-refractivity contribution in [3.05, 3.63) is 89.0 Å². The fraction of sp³-hybridized carbons (Fsp3) is 0.310. The summed E-state index contributed by atoms with van der Waals surface area (Å²) in [6.07, 6.45) is -0.0754. The first-order valence-electron chi connectivity index (χ1n) is 11.4. The summed E-state index contributed by atoms with van der Waals surface area (Å²) in [4.78, 5) is 27.1. The number of aromatic hydroxyl groups is 1. The maximum absolute atomic E-state index is 13.8. The van der Waals surface area contributed by atoms with Gasteiger partial charge in [-0.05, 0) is 46.7 Å².